The number of nitrogens with zero attached hydrogens (tertiary/aromatic N) is 1. The molecule has 1 saturated heterocycles. The molecule has 1 aromatic rings. The number of hydrogen-bond acceptors (Lipinski definition) is 1. The largest absolute Gasteiger partial charge is 0.342 e. The van der Waals surface area contributed by atoms with Crippen molar-refractivity contribution in [1.29, 1.82) is 0 Å². The van der Waals surface area contributed by atoms with E-state index in [0.29, 0.717) is 18.8 Å². The fraction of sp³-hybridized carbons (Fsp3) is 0.562. The first-order valence-corrected chi connectivity index (χ1v) is 7.17. The minimum Gasteiger partial charge on any atom is -0.342 e. The van der Waals surface area contributed by atoms with Crippen LogP contribution in [0.5, 0.6) is 0 Å². The van der Waals surface area contributed by atoms with E-state index in [2.05, 4.69) is 12.1 Å². The Kier molecular flexibility index (Phi) is 5.37. The molecule has 1 heterocycles. The number of carbonyl (C=O) groups excluding carboxylic acids is 1. The van der Waals surface area contributed by atoms with Gasteiger partial charge in [-0.05, 0) is 37.2 Å². The minimum atomic E-state index is -0.245. The van der Waals surface area contributed by atoms with Crippen LogP contribution < -0.4 is 0 Å². The molecule has 0 aliphatic carbocycles. The highest BCUT2D eigenvalue weighted by Crippen LogP contribution is 2.22. The monoisotopic (exact) mass is 263 g/mol. The standard InChI is InChI=1S/C16H22FNO/c17-9-5-2-6-10-18-13-15(12-16(18)19)11-14-7-3-1-4-8-14/h1,3-4,7-8,15H,2,5-6,9-13H2/t15-/m0/s1. The molecule has 0 unspecified atom stereocenters. The molecule has 0 N–H and O–H groups in total. The van der Waals surface area contributed by atoms with Crippen LogP contribution in [0, 0.1) is 5.92 Å². The van der Waals surface area contributed by atoms with Crippen LogP contribution in [-0.4, -0.2) is 30.6 Å². The Balaban J connectivity index is 1.76. The Morgan fingerprint density at radius 3 is 2.68 bits per heavy atom. The van der Waals surface area contributed by atoms with Gasteiger partial charge < -0.3 is 4.90 Å². The fourth-order valence-corrected chi connectivity index (χ4v) is 2.73. The zero-order valence-electron chi connectivity index (χ0n) is 11.4. The van der Waals surface area contributed by atoms with Gasteiger partial charge in [0.15, 0.2) is 0 Å². The lowest BCUT2D eigenvalue weighted by Gasteiger charge is -2.16. The number of rotatable bonds is 7. The molecule has 0 radical (unpaired) electrons. The van der Waals surface area contributed by atoms with E-state index in [1.165, 1.54) is 5.56 Å². The van der Waals surface area contributed by atoms with Crippen molar-refractivity contribution < 1.29 is 9.18 Å². The lowest BCUT2D eigenvalue weighted by Crippen LogP contribution is -2.26. The molecule has 0 spiro atoms. The van der Waals surface area contributed by atoms with Gasteiger partial charge in [-0.1, -0.05) is 30.3 Å². The van der Waals surface area contributed by atoms with E-state index in [1.807, 2.05) is 23.1 Å². The summed E-state index contributed by atoms with van der Waals surface area (Å²) in [5.41, 5.74) is 1.31. The summed E-state index contributed by atoms with van der Waals surface area (Å²) in [6.07, 6.45) is 4.07. The molecule has 2 rings (SSSR count). The van der Waals surface area contributed by atoms with E-state index >= 15 is 0 Å². The van der Waals surface area contributed by atoms with Crippen molar-refractivity contribution in [3.63, 3.8) is 0 Å². The number of amides is 1. The Bertz CT molecular complexity index is 393. The van der Waals surface area contributed by atoms with Gasteiger partial charge >= 0.3 is 0 Å². The first-order chi connectivity index (χ1) is 9.29. The van der Waals surface area contributed by atoms with Crippen molar-refractivity contribution in [3.8, 4) is 0 Å². The topological polar surface area (TPSA) is 20.3 Å². The van der Waals surface area contributed by atoms with E-state index in [9.17, 15) is 9.18 Å². The summed E-state index contributed by atoms with van der Waals surface area (Å²) in [5.74, 6) is 0.706. The van der Waals surface area contributed by atoms with E-state index in [4.69, 9.17) is 0 Å². The Morgan fingerprint density at radius 1 is 1.16 bits per heavy atom. The maximum Gasteiger partial charge on any atom is 0.222 e. The van der Waals surface area contributed by atoms with Crippen LogP contribution in [0.3, 0.4) is 0 Å². The van der Waals surface area contributed by atoms with Crippen molar-refractivity contribution in [2.24, 2.45) is 5.92 Å². The minimum absolute atomic E-state index is 0.245. The first-order valence-electron chi connectivity index (χ1n) is 7.17. The van der Waals surface area contributed by atoms with Crippen molar-refractivity contribution >= 4 is 5.91 Å². The third-order valence-electron chi connectivity index (χ3n) is 3.72. The maximum absolute atomic E-state index is 12.0. The molecule has 0 bridgehead atoms. The van der Waals surface area contributed by atoms with Gasteiger partial charge in [0, 0.05) is 19.5 Å². The summed E-state index contributed by atoms with van der Waals surface area (Å²) in [7, 11) is 0. The van der Waals surface area contributed by atoms with Crippen LogP contribution >= 0.6 is 0 Å². The summed E-state index contributed by atoms with van der Waals surface area (Å²) in [5, 5.41) is 0. The summed E-state index contributed by atoms with van der Waals surface area (Å²) in [4.78, 5) is 13.8. The second kappa shape index (κ2) is 7.27. The predicted octanol–water partition coefficient (Wildman–Crippen LogP) is 3.22. The zero-order valence-corrected chi connectivity index (χ0v) is 11.4. The van der Waals surface area contributed by atoms with Crippen LogP contribution in [0.1, 0.15) is 31.2 Å². The number of alkyl halides is 1. The van der Waals surface area contributed by atoms with E-state index in [0.717, 1.165) is 32.4 Å². The van der Waals surface area contributed by atoms with Crippen LogP contribution in [0.4, 0.5) is 4.39 Å². The third-order valence-corrected chi connectivity index (χ3v) is 3.72. The summed E-state index contributed by atoms with van der Waals surface area (Å²) >= 11 is 0. The first kappa shape index (κ1) is 14.0. The molecule has 1 fully saturated rings. The Morgan fingerprint density at radius 2 is 1.95 bits per heavy atom. The molecule has 0 aromatic heterocycles. The van der Waals surface area contributed by atoms with Crippen molar-refractivity contribution in [2.75, 3.05) is 19.8 Å². The smallest absolute Gasteiger partial charge is 0.222 e. The summed E-state index contributed by atoms with van der Waals surface area (Å²) in [6.45, 7) is 1.41. The molecule has 1 aromatic carbocycles. The highest BCUT2D eigenvalue weighted by molar-refractivity contribution is 5.78. The molecule has 1 atom stereocenters. The van der Waals surface area contributed by atoms with Crippen LogP contribution in [-0.2, 0) is 11.2 Å². The molecule has 3 heteroatoms. The zero-order chi connectivity index (χ0) is 13.5. The van der Waals surface area contributed by atoms with Gasteiger partial charge in [0.25, 0.3) is 0 Å². The van der Waals surface area contributed by atoms with Crippen molar-refractivity contribution in [3.05, 3.63) is 35.9 Å². The lowest BCUT2D eigenvalue weighted by molar-refractivity contribution is -0.127. The molecule has 2 nitrogen and oxygen atoms in total. The van der Waals surface area contributed by atoms with Gasteiger partial charge in [-0.3, -0.25) is 9.18 Å². The maximum atomic E-state index is 12.0. The van der Waals surface area contributed by atoms with Gasteiger partial charge in [-0.2, -0.15) is 0 Å². The normalized spacial score (nSPS) is 19.1. The summed E-state index contributed by atoms with van der Waals surface area (Å²) in [6, 6.07) is 10.3. The van der Waals surface area contributed by atoms with Crippen molar-refractivity contribution in [1.82, 2.24) is 4.90 Å². The molecular formula is C16H22FNO. The fourth-order valence-electron chi connectivity index (χ4n) is 2.73. The number of carbonyl (C=O) groups is 1. The van der Waals surface area contributed by atoms with Gasteiger partial charge in [0.1, 0.15) is 0 Å². The second-order valence-corrected chi connectivity index (χ2v) is 5.35. The van der Waals surface area contributed by atoms with E-state index in [1.54, 1.807) is 0 Å². The van der Waals surface area contributed by atoms with Crippen LogP contribution in [0.15, 0.2) is 30.3 Å². The highest BCUT2D eigenvalue weighted by Gasteiger charge is 2.28. The summed E-state index contributed by atoms with van der Waals surface area (Å²) < 4.78 is 12.0. The average molecular weight is 263 g/mol. The Labute approximate surface area is 114 Å². The quantitative estimate of drug-likeness (QED) is 0.692. The lowest BCUT2D eigenvalue weighted by atomic mass is 9.99. The predicted molar refractivity (Wildman–Crippen MR) is 74.7 cm³/mol. The Hall–Kier alpha value is -1.38. The van der Waals surface area contributed by atoms with Crippen LogP contribution in [0.25, 0.3) is 0 Å². The highest BCUT2D eigenvalue weighted by atomic mass is 19.1. The van der Waals surface area contributed by atoms with Crippen LogP contribution in [0.2, 0.25) is 0 Å². The molecule has 19 heavy (non-hydrogen) atoms. The average Bonchev–Trinajstić information content (AvgIpc) is 2.76. The molecule has 0 saturated carbocycles. The SMILES string of the molecule is O=C1C[C@H](Cc2ccccc2)CN1CCCCCF. The molecular weight excluding hydrogens is 241 g/mol. The second-order valence-electron chi connectivity index (χ2n) is 5.35. The van der Waals surface area contributed by atoms with Gasteiger partial charge in [0.05, 0.1) is 6.67 Å². The van der Waals surface area contributed by atoms with E-state index in [-0.39, 0.29) is 12.6 Å². The third kappa shape index (κ3) is 4.34. The molecule has 104 valence electrons. The number of likely N-dealkylation sites (tertiary alicyclic amines) is 1. The van der Waals surface area contributed by atoms with Gasteiger partial charge in [-0.25, -0.2) is 0 Å². The van der Waals surface area contributed by atoms with Gasteiger partial charge in [-0.15, -0.1) is 0 Å². The number of halogens is 1. The van der Waals surface area contributed by atoms with E-state index < -0.39 is 0 Å². The van der Waals surface area contributed by atoms with Gasteiger partial charge in [0.2, 0.25) is 5.91 Å². The number of benzene rings is 1. The molecule has 1 amide bonds. The molecule has 1 aliphatic rings. The molecule has 1 aliphatic heterocycles. The van der Waals surface area contributed by atoms with Crippen molar-refractivity contribution in [2.45, 2.75) is 32.1 Å². The number of unbranched alkanes of at least 4 members (excludes halogenated alkanes) is 2. The number of hydrogen-bond donors (Lipinski definition) is 0.